The van der Waals surface area contributed by atoms with Gasteiger partial charge in [0.2, 0.25) is 0 Å². The molecule has 0 aliphatic heterocycles. The number of aromatic nitrogens is 2. The number of hydrogen-bond donors (Lipinski definition) is 1. The van der Waals surface area contributed by atoms with Crippen LogP contribution in [-0.4, -0.2) is 29.2 Å². The molecule has 0 atom stereocenters. The second-order valence-electron chi connectivity index (χ2n) is 1.89. The van der Waals surface area contributed by atoms with E-state index in [4.69, 9.17) is 0 Å². The fraction of sp³-hybridized carbons (Fsp3) is 0.400. The fourth-order valence-electron chi connectivity index (χ4n) is 0.525. The number of nitrogens with one attached hydrogen (secondary N) is 1. The molecule has 1 amide bonds. The Morgan fingerprint density at radius 3 is 3.00 bits per heavy atom. The minimum Gasteiger partial charge on any atom is -0.345 e. The number of hydrogen-bond acceptors (Lipinski definition) is 4. The lowest BCUT2D eigenvalue weighted by molar-refractivity contribution is 0.0882. The lowest BCUT2D eigenvalue weighted by atomic mass is 10.4. The smallest absolute Gasteiger partial charge is 0.275 e. The SMILES string of the molecule is O=C(NCC(F)F)c1cnon1. The molecule has 0 saturated heterocycles. The molecule has 1 aromatic rings. The largest absolute Gasteiger partial charge is 0.345 e. The number of amides is 1. The Bertz CT molecular complexity index is 249. The van der Waals surface area contributed by atoms with Crippen LogP contribution in [0.25, 0.3) is 0 Å². The molecule has 0 fully saturated rings. The fourth-order valence-corrected chi connectivity index (χ4v) is 0.525. The zero-order chi connectivity index (χ0) is 8.97. The van der Waals surface area contributed by atoms with Gasteiger partial charge in [0.1, 0.15) is 6.20 Å². The van der Waals surface area contributed by atoms with E-state index in [9.17, 15) is 13.6 Å². The Labute approximate surface area is 65.7 Å². The summed E-state index contributed by atoms with van der Waals surface area (Å²) in [5.74, 6) is -0.725. The molecule has 0 unspecified atom stereocenters. The Morgan fingerprint density at radius 2 is 2.50 bits per heavy atom. The predicted octanol–water partition coefficient (Wildman–Crippen LogP) is 0.0645. The third-order valence-corrected chi connectivity index (χ3v) is 1.01. The van der Waals surface area contributed by atoms with Gasteiger partial charge in [-0.1, -0.05) is 5.16 Å². The van der Waals surface area contributed by atoms with Crippen molar-refractivity contribution in [2.24, 2.45) is 0 Å². The van der Waals surface area contributed by atoms with Crippen molar-refractivity contribution in [3.8, 4) is 0 Å². The summed E-state index contributed by atoms with van der Waals surface area (Å²) in [6.45, 7) is -0.703. The van der Waals surface area contributed by atoms with Gasteiger partial charge in [0.05, 0.1) is 6.54 Å². The molecule has 1 N–H and O–H groups in total. The Morgan fingerprint density at radius 1 is 1.75 bits per heavy atom. The highest BCUT2D eigenvalue weighted by Gasteiger charge is 2.11. The van der Waals surface area contributed by atoms with Gasteiger partial charge in [-0.05, 0) is 5.16 Å². The van der Waals surface area contributed by atoms with Crippen LogP contribution in [0.2, 0.25) is 0 Å². The Kier molecular flexibility index (Phi) is 2.67. The molecule has 1 rings (SSSR count). The molecule has 66 valence electrons. The third-order valence-electron chi connectivity index (χ3n) is 1.01. The average molecular weight is 177 g/mol. The van der Waals surface area contributed by atoms with Crippen molar-refractivity contribution in [2.45, 2.75) is 6.43 Å². The molecule has 0 spiro atoms. The van der Waals surface area contributed by atoms with Gasteiger partial charge < -0.3 is 5.32 Å². The van der Waals surface area contributed by atoms with Gasteiger partial charge in [-0.2, -0.15) is 0 Å². The molecule has 0 aromatic carbocycles. The van der Waals surface area contributed by atoms with Gasteiger partial charge in [0.15, 0.2) is 5.69 Å². The maximum absolute atomic E-state index is 11.6. The molecule has 0 radical (unpaired) electrons. The van der Waals surface area contributed by atoms with E-state index in [1.165, 1.54) is 0 Å². The Balaban J connectivity index is 2.40. The normalized spacial score (nSPS) is 10.2. The van der Waals surface area contributed by atoms with Gasteiger partial charge in [-0.25, -0.2) is 13.4 Å². The Hall–Kier alpha value is -1.53. The highest BCUT2D eigenvalue weighted by atomic mass is 19.3. The van der Waals surface area contributed by atoms with Gasteiger partial charge in [-0.15, -0.1) is 0 Å². The van der Waals surface area contributed by atoms with E-state index < -0.39 is 18.9 Å². The van der Waals surface area contributed by atoms with E-state index in [-0.39, 0.29) is 5.69 Å². The maximum atomic E-state index is 11.6. The molecular formula is C5H5F2N3O2. The first-order valence-electron chi connectivity index (χ1n) is 3.04. The van der Waals surface area contributed by atoms with Crippen molar-refractivity contribution in [3.05, 3.63) is 11.9 Å². The van der Waals surface area contributed by atoms with Crippen LogP contribution in [0.4, 0.5) is 8.78 Å². The topological polar surface area (TPSA) is 68.0 Å². The van der Waals surface area contributed by atoms with Crippen LogP contribution in [-0.2, 0) is 0 Å². The van der Waals surface area contributed by atoms with Crippen LogP contribution in [0.15, 0.2) is 10.8 Å². The van der Waals surface area contributed by atoms with Crippen LogP contribution in [0, 0.1) is 0 Å². The molecule has 12 heavy (non-hydrogen) atoms. The minimum absolute atomic E-state index is 0.115. The average Bonchev–Trinajstić information content (AvgIpc) is 2.51. The molecule has 7 heteroatoms. The van der Waals surface area contributed by atoms with Crippen LogP contribution in [0.3, 0.4) is 0 Å². The van der Waals surface area contributed by atoms with E-state index in [1.807, 2.05) is 5.32 Å². The summed E-state index contributed by atoms with van der Waals surface area (Å²) in [5.41, 5.74) is -0.115. The quantitative estimate of drug-likeness (QED) is 0.709. The van der Waals surface area contributed by atoms with Crippen molar-refractivity contribution in [1.82, 2.24) is 15.6 Å². The van der Waals surface area contributed by atoms with Crippen molar-refractivity contribution in [3.63, 3.8) is 0 Å². The van der Waals surface area contributed by atoms with Crippen LogP contribution >= 0.6 is 0 Å². The van der Waals surface area contributed by atoms with Crippen molar-refractivity contribution in [1.29, 1.82) is 0 Å². The summed E-state index contributed by atoms with van der Waals surface area (Å²) in [5, 5.41) is 8.22. The van der Waals surface area contributed by atoms with E-state index in [1.54, 1.807) is 0 Å². The second kappa shape index (κ2) is 3.74. The van der Waals surface area contributed by atoms with Gasteiger partial charge in [0, 0.05) is 0 Å². The van der Waals surface area contributed by atoms with Crippen molar-refractivity contribution >= 4 is 5.91 Å². The van der Waals surface area contributed by atoms with Crippen molar-refractivity contribution < 1.29 is 18.2 Å². The monoisotopic (exact) mass is 177 g/mol. The minimum atomic E-state index is -2.58. The zero-order valence-corrected chi connectivity index (χ0v) is 5.83. The van der Waals surface area contributed by atoms with E-state index >= 15 is 0 Å². The molecule has 5 nitrogen and oxygen atoms in total. The predicted molar refractivity (Wildman–Crippen MR) is 32.6 cm³/mol. The maximum Gasteiger partial charge on any atom is 0.275 e. The molecule has 1 heterocycles. The highest BCUT2D eigenvalue weighted by molar-refractivity contribution is 5.91. The first-order valence-corrected chi connectivity index (χ1v) is 3.04. The van der Waals surface area contributed by atoms with Crippen LogP contribution < -0.4 is 5.32 Å². The molecule has 0 aliphatic rings. The van der Waals surface area contributed by atoms with Gasteiger partial charge >= 0.3 is 0 Å². The van der Waals surface area contributed by atoms with E-state index in [0.29, 0.717) is 0 Å². The summed E-state index contributed by atoms with van der Waals surface area (Å²) >= 11 is 0. The lowest BCUT2D eigenvalue weighted by Crippen LogP contribution is -2.28. The molecule has 0 bridgehead atoms. The van der Waals surface area contributed by atoms with Crippen LogP contribution in [0.5, 0.6) is 0 Å². The number of carbonyl (C=O) groups is 1. The summed E-state index contributed by atoms with van der Waals surface area (Å²) in [6.07, 6.45) is -1.53. The molecule has 0 aliphatic carbocycles. The summed E-state index contributed by atoms with van der Waals surface area (Å²) in [4.78, 5) is 10.8. The van der Waals surface area contributed by atoms with E-state index in [2.05, 4.69) is 14.9 Å². The molecule has 0 saturated carbocycles. The van der Waals surface area contributed by atoms with Crippen LogP contribution in [0.1, 0.15) is 10.5 Å². The standard InChI is InChI=1S/C5H5F2N3O2/c6-4(7)2-8-5(11)3-1-9-12-10-3/h1,4H,2H2,(H,8,11). The first kappa shape index (κ1) is 8.57. The summed E-state index contributed by atoms with van der Waals surface area (Å²) < 4.78 is 27.2. The number of carbonyl (C=O) groups excluding carboxylic acids is 1. The lowest BCUT2D eigenvalue weighted by Gasteiger charge is -1.99. The van der Waals surface area contributed by atoms with E-state index in [0.717, 1.165) is 6.20 Å². The molecule has 1 aromatic heterocycles. The number of nitrogens with zero attached hydrogens (tertiary/aromatic N) is 2. The number of alkyl halides is 2. The third kappa shape index (κ3) is 2.26. The number of halogens is 2. The van der Waals surface area contributed by atoms with Gasteiger partial charge in [0.25, 0.3) is 12.3 Å². The highest BCUT2D eigenvalue weighted by Crippen LogP contribution is 1.92. The van der Waals surface area contributed by atoms with Crippen molar-refractivity contribution in [2.75, 3.05) is 6.54 Å². The van der Waals surface area contributed by atoms with Gasteiger partial charge in [-0.3, -0.25) is 4.79 Å². The second-order valence-corrected chi connectivity index (χ2v) is 1.89. The summed E-state index contributed by atoms with van der Waals surface area (Å²) in [6, 6.07) is 0. The summed E-state index contributed by atoms with van der Waals surface area (Å²) in [7, 11) is 0. The molecular weight excluding hydrogens is 172 g/mol. The first-order chi connectivity index (χ1) is 5.70. The number of rotatable bonds is 3. The zero-order valence-electron chi connectivity index (χ0n) is 5.83.